The van der Waals surface area contributed by atoms with Crippen LogP contribution in [0.3, 0.4) is 0 Å². The Bertz CT molecular complexity index is 563. The molecule has 0 aromatic heterocycles. The average Bonchev–Trinajstić information content (AvgIpc) is 2.37. The molecule has 118 valence electrons. The van der Waals surface area contributed by atoms with Gasteiger partial charge in [0.2, 0.25) is 10.0 Å². The molecule has 1 fully saturated rings. The number of aliphatic hydroxyl groups is 1. The molecule has 1 aliphatic heterocycles. The van der Waals surface area contributed by atoms with Gasteiger partial charge in [0.1, 0.15) is 0 Å². The first-order valence-electron chi connectivity index (χ1n) is 7.45. The van der Waals surface area contributed by atoms with Gasteiger partial charge in [-0.25, -0.2) is 8.42 Å². The highest BCUT2D eigenvalue weighted by molar-refractivity contribution is 7.90. The Labute approximate surface area is 127 Å². The summed E-state index contributed by atoms with van der Waals surface area (Å²) in [6.07, 6.45) is 2.41. The highest BCUT2D eigenvalue weighted by atomic mass is 32.2. The van der Waals surface area contributed by atoms with Gasteiger partial charge in [-0.2, -0.15) is 4.31 Å². The van der Waals surface area contributed by atoms with Crippen molar-refractivity contribution in [1.29, 1.82) is 0 Å². The van der Waals surface area contributed by atoms with Gasteiger partial charge in [0.15, 0.2) is 0 Å². The molecule has 0 radical (unpaired) electrons. The molecular weight excluding hydrogens is 286 g/mol. The minimum absolute atomic E-state index is 0.00609. The summed E-state index contributed by atoms with van der Waals surface area (Å²) in [5.74, 6) is 0. The van der Waals surface area contributed by atoms with E-state index < -0.39 is 14.8 Å². The fourth-order valence-corrected chi connectivity index (χ4v) is 4.53. The molecule has 1 N–H and O–H groups in total. The molecule has 2 atom stereocenters. The molecule has 1 aliphatic rings. The number of hydrogen-bond donors (Lipinski definition) is 1. The number of benzene rings is 1. The number of hydrogen-bond acceptors (Lipinski definition) is 3. The lowest BCUT2D eigenvalue weighted by Gasteiger charge is -2.49. The Kier molecular flexibility index (Phi) is 4.76. The zero-order valence-corrected chi connectivity index (χ0v) is 13.8. The van der Waals surface area contributed by atoms with E-state index in [9.17, 15) is 13.5 Å². The maximum Gasteiger partial charge on any atom is 0.219 e. The van der Waals surface area contributed by atoms with Crippen LogP contribution in [0.25, 0.3) is 0 Å². The monoisotopic (exact) mass is 311 g/mol. The van der Waals surface area contributed by atoms with E-state index in [2.05, 4.69) is 12.1 Å². The number of nitrogens with zero attached hydrogens (tertiary/aromatic N) is 1. The molecule has 0 aliphatic carbocycles. The molecular formula is C16H25NO3S. The van der Waals surface area contributed by atoms with Gasteiger partial charge in [-0.05, 0) is 45.6 Å². The van der Waals surface area contributed by atoms with Gasteiger partial charge >= 0.3 is 0 Å². The molecule has 0 saturated carbocycles. The normalized spacial score (nSPS) is 23.8. The maximum atomic E-state index is 12.6. The minimum atomic E-state index is -3.38. The fourth-order valence-electron chi connectivity index (χ4n) is 2.77. The van der Waals surface area contributed by atoms with E-state index in [1.54, 1.807) is 20.8 Å². The van der Waals surface area contributed by atoms with E-state index >= 15 is 0 Å². The summed E-state index contributed by atoms with van der Waals surface area (Å²) in [5.41, 5.74) is 1.22. The van der Waals surface area contributed by atoms with Crippen LogP contribution in [0.1, 0.15) is 39.2 Å². The second-order valence-electron chi connectivity index (χ2n) is 6.70. The summed E-state index contributed by atoms with van der Waals surface area (Å²) in [6, 6.07) is 9.84. The second-order valence-corrected chi connectivity index (χ2v) is 9.29. The lowest BCUT2D eigenvalue weighted by Crippen LogP contribution is -2.63. The molecule has 0 spiro atoms. The zero-order chi connectivity index (χ0) is 15.7. The van der Waals surface area contributed by atoms with E-state index in [1.807, 2.05) is 18.2 Å². The molecule has 2 rings (SSSR count). The minimum Gasteiger partial charge on any atom is -0.395 e. The third-order valence-corrected chi connectivity index (χ3v) is 6.83. The van der Waals surface area contributed by atoms with Crippen LogP contribution in [-0.4, -0.2) is 41.3 Å². The van der Waals surface area contributed by atoms with Crippen molar-refractivity contribution in [3.05, 3.63) is 35.9 Å². The van der Waals surface area contributed by atoms with Crippen LogP contribution >= 0.6 is 0 Å². The lowest BCUT2D eigenvalue weighted by atomic mass is 9.92. The number of aliphatic hydroxyl groups excluding tert-OH is 1. The standard InChI is InChI=1S/C16H25NO3S/c1-16(2,3)21(19,20)17-14(11-15(17)12-18)10-9-13-7-5-4-6-8-13/h4-8,14-15,18H,9-12H2,1-3H3/t14-,15-/m0/s1. The molecule has 21 heavy (non-hydrogen) atoms. The van der Waals surface area contributed by atoms with Gasteiger partial charge in [0, 0.05) is 12.1 Å². The molecule has 0 amide bonds. The van der Waals surface area contributed by atoms with Crippen LogP contribution in [0.15, 0.2) is 30.3 Å². The number of sulfonamides is 1. The van der Waals surface area contributed by atoms with Crippen molar-refractivity contribution in [2.75, 3.05) is 6.61 Å². The Balaban J connectivity index is 2.07. The van der Waals surface area contributed by atoms with Crippen LogP contribution in [0.2, 0.25) is 0 Å². The predicted molar refractivity (Wildman–Crippen MR) is 84.6 cm³/mol. The summed E-state index contributed by atoms with van der Waals surface area (Å²) in [7, 11) is -3.38. The average molecular weight is 311 g/mol. The van der Waals surface area contributed by atoms with E-state index in [1.165, 1.54) is 9.87 Å². The van der Waals surface area contributed by atoms with E-state index in [0.29, 0.717) is 0 Å². The van der Waals surface area contributed by atoms with Crippen molar-refractivity contribution in [2.45, 2.75) is 56.9 Å². The van der Waals surface area contributed by atoms with Gasteiger partial charge in [-0.1, -0.05) is 30.3 Å². The van der Waals surface area contributed by atoms with E-state index in [4.69, 9.17) is 0 Å². The molecule has 0 bridgehead atoms. The second kappa shape index (κ2) is 6.07. The van der Waals surface area contributed by atoms with E-state index in [-0.39, 0.29) is 18.7 Å². The fraction of sp³-hybridized carbons (Fsp3) is 0.625. The van der Waals surface area contributed by atoms with Gasteiger partial charge in [-0.3, -0.25) is 0 Å². The third kappa shape index (κ3) is 3.30. The highest BCUT2D eigenvalue weighted by Gasteiger charge is 2.49. The Hall–Kier alpha value is -0.910. The van der Waals surface area contributed by atoms with Crippen LogP contribution < -0.4 is 0 Å². The molecule has 4 nitrogen and oxygen atoms in total. The lowest BCUT2D eigenvalue weighted by molar-refractivity contribution is 0.0520. The van der Waals surface area contributed by atoms with Gasteiger partial charge in [0.25, 0.3) is 0 Å². The Morgan fingerprint density at radius 2 is 1.81 bits per heavy atom. The van der Waals surface area contributed by atoms with Crippen molar-refractivity contribution in [3.8, 4) is 0 Å². The summed E-state index contributed by atoms with van der Waals surface area (Å²) in [6.45, 7) is 5.03. The van der Waals surface area contributed by atoms with Gasteiger partial charge < -0.3 is 5.11 Å². The largest absolute Gasteiger partial charge is 0.395 e. The van der Waals surface area contributed by atoms with Crippen molar-refractivity contribution in [3.63, 3.8) is 0 Å². The quantitative estimate of drug-likeness (QED) is 0.907. The van der Waals surface area contributed by atoms with E-state index in [0.717, 1.165) is 19.3 Å². The molecule has 1 aromatic rings. The van der Waals surface area contributed by atoms with Gasteiger partial charge in [0.05, 0.1) is 11.4 Å². The van der Waals surface area contributed by atoms with Crippen molar-refractivity contribution >= 4 is 10.0 Å². The molecule has 1 heterocycles. The van der Waals surface area contributed by atoms with Crippen LogP contribution in [0.4, 0.5) is 0 Å². The van der Waals surface area contributed by atoms with Crippen LogP contribution in [-0.2, 0) is 16.4 Å². The van der Waals surface area contributed by atoms with Gasteiger partial charge in [-0.15, -0.1) is 0 Å². The first kappa shape index (κ1) is 16.5. The topological polar surface area (TPSA) is 57.6 Å². The van der Waals surface area contributed by atoms with Crippen molar-refractivity contribution in [2.24, 2.45) is 0 Å². The first-order chi connectivity index (χ1) is 9.77. The number of rotatable bonds is 5. The highest BCUT2D eigenvalue weighted by Crippen LogP contribution is 2.36. The summed E-state index contributed by atoms with van der Waals surface area (Å²) < 4.78 is 26.0. The zero-order valence-electron chi connectivity index (χ0n) is 13.0. The molecule has 1 saturated heterocycles. The molecule has 5 heteroatoms. The van der Waals surface area contributed by atoms with Crippen molar-refractivity contribution in [1.82, 2.24) is 4.31 Å². The summed E-state index contributed by atoms with van der Waals surface area (Å²) in [5, 5.41) is 9.38. The molecule has 0 unspecified atom stereocenters. The predicted octanol–water partition coefficient (Wildman–Crippen LogP) is 2.18. The first-order valence-corrected chi connectivity index (χ1v) is 8.89. The van der Waals surface area contributed by atoms with Crippen LogP contribution in [0, 0.1) is 0 Å². The number of aryl methyl sites for hydroxylation is 1. The third-order valence-electron chi connectivity index (χ3n) is 4.14. The van der Waals surface area contributed by atoms with Crippen LogP contribution in [0.5, 0.6) is 0 Å². The Morgan fingerprint density at radius 3 is 2.33 bits per heavy atom. The Morgan fingerprint density at radius 1 is 1.19 bits per heavy atom. The van der Waals surface area contributed by atoms with Crippen molar-refractivity contribution < 1.29 is 13.5 Å². The summed E-state index contributed by atoms with van der Waals surface area (Å²) >= 11 is 0. The molecule has 1 aromatic carbocycles. The summed E-state index contributed by atoms with van der Waals surface area (Å²) in [4.78, 5) is 0. The smallest absolute Gasteiger partial charge is 0.219 e. The SMILES string of the molecule is CC(C)(C)S(=O)(=O)N1[C@H](CO)C[C@@H]1CCc1ccccc1. The maximum absolute atomic E-state index is 12.6.